The van der Waals surface area contributed by atoms with Gasteiger partial charge in [0, 0.05) is 54.8 Å². The fraction of sp³-hybridized carbons (Fsp3) is 0.439. The first-order chi connectivity index (χ1) is 24.9. The Morgan fingerprint density at radius 2 is 1.69 bits per heavy atom. The summed E-state index contributed by atoms with van der Waals surface area (Å²) in [6, 6.07) is 18.1. The molecule has 11 heteroatoms. The fourth-order valence-corrected chi connectivity index (χ4v) is 7.28. The van der Waals surface area contributed by atoms with Gasteiger partial charge >= 0.3 is 12.1 Å². The van der Waals surface area contributed by atoms with E-state index in [2.05, 4.69) is 29.7 Å². The lowest BCUT2D eigenvalue weighted by atomic mass is 9.97. The van der Waals surface area contributed by atoms with Crippen molar-refractivity contribution >= 4 is 56.9 Å². The van der Waals surface area contributed by atoms with Gasteiger partial charge in [-0.15, -0.1) is 11.6 Å². The van der Waals surface area contributed by atoms with Gasteiger partial charge in [-0.25, -0.2) is 9.59 Å². The number of hydrogen-bond donors (Lipinski definition) is 0. The number of halogens is 2. The summed E-state index contributed by atoms with van der Waals surface area (Å²) in [6.45, 7) is 11.1. The van der Waals surface area contributed by atoms with Crippen LogP contribution in [0.1, 0.15) is 81.3 Å². The Balaban J connectivity index is 1.56. The van der Waals surface area contributed by atoms with E-state index in [-0.39, 0.29) is 18.6 Å². The van der Waals surface area contributed by atoms with Crippen molar-refractivity contribution < 1.29 is 23.8 Å². The van der Waals surface area contributed by atoms with E-state index in [0.717, 1.165) is 55.5 Å². The summed E-state index contributed by atoms with van der Waals surface area (Å²) < 4.78 is 21.5. The van der Waals surface area contributed by atoms with E-state index in [1.165, 1.54) is 0 Å². The van der Waals surface area contributed by atoms with Crippen molar-refractivity contribution in [3.63, 3.8) is 0 Å². The number of rotatable bonds is 15. The van der Waals surface area contributed by atoms with Gasteiger partial charge in [0.2, 0.25) is 0 Å². The second-order valence-electron chi connectivity index (χ2n) is 13.9. The molecule has 2 heterocycles. The molecule has 1 amide bonds. The highest BCUT2D eigenvalue weighted by molar-refractivity contribution is 6.35. The zero-order valence-corrected chi connectivity index (χ0v) is 32.9. The third-order valence-electron chi connectivity index (χ3n) is 9.11. The van der Waals surface area contributed by atoms with Crippen LogP contribution in [0.2, 0.25) is 5.02 Å². The molecule has 0 radical (unpaired) electrons. The molecular weight excluding hydrogens is 699 g/mol. The molecule has 0 atom stereocenters. The molecule has 5 rings (SSSR count). The summed E-state index contributed by atoms with van der Waals surface area (Å²) >= 11 is 13.6. The number of carbonyl (C=O) groups excluding carboxylic acids is 2. The van der Waals surface area contributed by atoms with Crippen LogP contribution in [0, 0.1) is 0 Å². The van der Waals surface area contributed by atoms with E-state index in [4.69, 9.17) is 42.5 Å². The molecule has 0 saturated heterocycles. The van der Waals surface area contributed by atoms with Crippen LogP contribution in [0.4, 0.5) is 4.79 Å². The van der Waals surface area contributed by atoms with Gasteiger partial charge in [0.1, 0.15) is 17.0 Å². The number of ether oxygens (including phenoxy) is 3. The third-order valence-corrected chi connectivity index (χ3v) is 9.67. The second-order valence-corrected chi connectivity index (χ2v) is 14.6. The predicted octanol–water partition coefficient (Wildman–Crippen LogP) is 9.98. The molecule has 278 valence electrons. The standard InChI is InChI=1S/C41H50Cl2N4O5/c1-8-33-36(32(26-42)44-46(33)7)35-31(43)22-21-30-29(19-15-25-51-34-20-14-17-27-16-10-11-18-28(27)34)38(39(48)50-9-2)47(37(30)35)24-13-12-23-45(6)40(49)52-41(3,4)5/h10-11,14,16-18,20-22H,8-9,12-13,15,19,23-26H2,1-7H3. The first-order valence-corrected chi connectivity index (χ1v) is 19.0. The molecule has 0 aliphatic rings. The average molecular weight is 750 g/mol. The minimum Gasteiger partial charge on any atom is -0.493 e. The normalized spacial score (nSPS) is 11.7. The Bertz CT molecular complexity index is 2040. The molecule has 0 saturated carbocycles. The van der Waals surface area contributed by atoms with Crippen LogP contribution in [0.5, 0.6) is 5.75 Å². The quantitative estimate of drug-likeness (QED) is 0.0602. The number of fused-ring (bicyclic) bond motifs is 2. The Morgan fingerprint density at radius 1 is 0.942 bits per heavy atom. The smallest absolute Gasteiger partial charge is 0.410 e. The number of amides is 1. The van der Waals surface area contributed by atoms with Crippen molar-refractivity contribution in [3.8, 4) is 16.9 Å². The minimum atomic E-state index is -0.582. The monoisotopic (exact) mass is 748 g/mol. The lowest BCUT2D eigenvalue weighted by Gasteiger charge is -2.24. The van der Waals surface area contributed by atoms with E-state index in [0.29, 0.717) is 62.5 Å². The molecule has 0 aliphatic carbocycles. The predicted molar refractivity (Wildman–Crippen MR) is 210 cm³/mol. The lowest BCUT2D eigenvalue weighted by Crippen LogP contribution is -2.34. The summed E-state index contributed by atoms with van der Waals surface area (Å²) in [6.07, 6.45) is 2.93. The molecule has 0 fully saturated rings. The van der Waals surface area contributed by atoms with Crippen LogP contribution in [0.3, 0.4) is 0 Å². The molecular formula is C41H50Cl2N4O5. The maximum Gasteiger partial charge on any atom is 0.410 e. The maximum absolute atomic E-state index is 14.0. The Morgan fingerprint density at radius 3 is 2.40 bits per heavy atom. The molecule has 9 nitrogen and oxygen atoms in total. The summed E-state index contributed by atoms with van der Waals surface area (Å²) in [4.78, 5) is 28.2. The van der Waals surface area contributed by atoms with E-state index in [1.807, 2.05) is 75.8 Å². The van der Waals surface area contributed by atoms with Gasteiger partial charge in [0.25, 0.3) is 0 Å². The highest BCUT2D eigenvalue weighted by atomic mass is 35.5. The molecule has 0 spiro atoms. The van der Waals surface area contributed by atoms with Crippen LogP contribution in [-0.2, 0) is 41.8 Å². The van der Waals surface area contributed by atoms with E-state index >= 15 is 0 Å². The molecule has 0 unspecified atom stereocenters. The largest absolute Gasteiger partial charge is 0.493 e. The zero-order chi connectivity index (χ0) is 37.6. The molecule has 5 aromatic rings. The summed E-state index contributed by atoms with van der Waals surface area (Å²) in [5.41, 5.74) is 5.06. The first kappa shape index (κ1) is 39.0. The van der Waals surface area contributed by atoms with Crippen LogP contribution in [0.25, 0.3) is 32.8 Å². The van der Waals surface area contributed by atoms with Crippen LogP contribution in [-0.4, -0.2) is 63.7 Å². The molecule has 2 aromatic heterocycles. The SMILES string of the molecule is CCOC(=O)c1c(CCCOc2cccc3ccccc23)c2ccc(Cl)c(-c3c(CCl)nn(C)c3CC)c2n1CCCCN(C)C(=O)OC(C)(C)C. The van der Waals surface area contributed by atoms with Crippen LogP contribution < -0.4 is 4.74 Å². The zero-order valence-electron chi connectivity index (χ0n) is 31.4. The van der Waals surface area contributed by atoms with Gasteiger partial charge in [-0.3, -0.25) is 4.68 Å². The van der Waals surface area contributed by atoms with E-state index in [1.54, 1.807) is 11.9 Å². The third kappa shape index (κ3) is 8.53. The van der Waals surface area contributed by atoms with Gasteiger partial charge in [-0.2, -0.15) is 5.10 Å². The molecule has 0 N–H and O–H groups in total. The minimum absolute atomic E-state index is 0.205. The van der Waals surface area contributed by atoms with Gasteiger partial charge in [-0.1, -0.05) is 61.0 Å². The summed E-state index contributed by atoms with van der Waals surface area (Å²) in [7, 11) is 3.65. The number of aryl methyl sites for hydroxylation is 3. The second kappa shape index (κ2) is 17.1. The van der Waals surface area contributed by atoms with Crippen molar-refractivity contribution in [3.05, 3.63) is 82.3 Å². The van der Waals surface area contributed by atoms with Crippen LogP contribution >= 0.6 is 23.2 Å². The molecule has 3 aromatic carbocycles. The van der Waals surface area contributed by atoms with Gasteiger partial charge in [0.15, 0.2) is 0 Å². The average Bonchev–Trinajstić information content (AvgIpc) is 3.60. The summed E-state index contributed by atoms with van der Waals surface area (Å²) in [5, 5.41) is 8.40. The molecule has 52 heavy (non-hydrogen) atoms. The van der Waals surface area contributed by atoms with Crippen molar-refractivity contribution in [1.82, 2.24) is 19.2 Å². The maximum atomic E-state index is 14.0. The van der Waals surface area contributed by atoms with Gasteiger partial charge < -0.3 is 23.7 Å². The number of carbonyl (C=O) groups is 2. The number of benzene rings is 3. The topological polar surface area (TPSA) is 87.8 Å². The number of nitrogens with zero attached hydrogens (tertiary/aromatic N) is 4. The molecule has 0 bridgehead atoms. The number of unbranched alkanes of at least 4 members (excludes halogenated alkanes) is 1. The van der Waals surface area contributed by atoms with Crippen molar-refractivity contribution in [2.75, 3.05) is 26.8 Å². The number of hydrogen-bond acceptors (Lipinski definition) is 6. The Kier molecular flexibility index (Phi) is 12.8. The van der Waals surface area contributed by atoms with Gasteiger partial charge in [-0.05, 0) is 82.9 Å². The van der Waals surface area contributed by atoms with Gasteiger partial charge in [0.05, 0.1) is 35.3 Å². The van der Waals surface area contributed by atoms with Crippen LogP contribution in [0.15, 0.2) is 54.6 Å². The van der Waals surface area contributed by atoms with E-state index < -0.39 is 11.6 Å². The highest BCUT2D eigenvalue weighted by Gasteiger charge is 2.29. The van der Waals surface area contributed by atoms with Crippen molar-refractivity contribution in [1.29, 1.82) is 0 Å². The number of esters is 1. The van der Waals surface area contributed by atoms with E-state index in [9.17, 15) is 9.59 Å². The van der Waals surface area contributed by atoms with Crippen molar-refractivity contribution in [2.24, 2.45) is 7.05 Å². The first-order valence-electron chi connectivity index (χ1n) is 18.1. The lowest BCUT2D eigenvalue weighted by molar-refractivity contribution is 0.0296. The number of aromatic nitrogens is 3. The Labute approximate surface area is 316 Å². The fourth-order valence-electron chi connectivity index (χ4n) is 6.85. The van der Waals surface area contributed by atoms with Crippen molar-refractivity contribution in [2.45, 2.75) is 84.7 Å². The Hall–Kier alpha value is -4.21. The highest BCUT2D eigenvalue weighted by Crippen LogP contribution is 2.43. The summed E-state index contributed by atoms with van der Waals surface area (Å²) in [5.74, 6) is 0.640. The molecule has 0 aliphatic heterocycles. The number of alkyl halides is 1.